The fourth-order valence-corrected chi connectivity index (χ4v) is 1.62. The second-order valence-corrected chi connectivity index (χ2v) is 4.08. The monoisotopic (exact) mass is 252 g/mol. The minimum absolute atomic E-state index is 0.378. The zero-order valence-corrected chi connectivity index (χ0v) is 9.53. The summed E-state index contributed by atoms with van der Waals surface area (Å²) in [4.78, 5) is 9.92. The lowest BCUT2D eigenvalue weighted by atomic mass is 10.2. The van der Waals surface area contributed by atoms with E-state index in [-0.39, 0.29) is 0 Å². The topological polar surface area (TPSA) is 26.3 Å². The van der Waals surface area contributed by atoms with Crippen LogP contribution in [0.15, 0.2) is 18.2 Å². The van der Waals surface area contributed by atoms with Gasteiger partial charge in [-0.3, -0.25) is 4.79 Å². The highest BCUT2D eigenvalue weighted by molar-refractivity contribution is 6.45. The highest BCUT2D eigenvalue weighted by Gasteiger charge is 2.10. The molecule has 0 unspecified atom stereocenters. The van der Waals surface area contributed by atoms with Gasteiger partial charge in [0.2, 0.25) is 0 Å². The predicted octanol–water partition coefficient (Wildman–Crippen LogP) is 3.74. The van der Waals surface area contributed by atoms with Crippen molar-refractivity contribution < 1.29 is 9.53 Å². The van der Waals surface area contributed by atoms with E-state index in [2.05, 4.69) is 0 Å². The number of halogens is 3. The number of alkyl halides is 2. The molecular weight excluding hydrogens is 246 g/mol. The number of carbonyl (C=O) groups excluding carboxylic acids is 1. The molecule has 0 aliphatic heterocycles. The lowest BCUT2D eigenvalue weighted by Gasteiger charge is -2.07. The molecule has 1 aromatic rings. The lowest BCUT2D eigenvalue weighted by Crippen LogP contribution is -2.01. The molecule has 0 amide bonds. The third-order valence-electron chi connectivity index (χ3n) is 1.46. The van der Waals surface area contributed by atoms with Gasteiger partial charge in [-0.1, -0.05) is 11.6 Å². The van der Waals surface area contributed by atoms with Crippen molar-refractivity contribution >= 4 is 40.8 Å². The van der Waals surface area contributed by atoms with Gasteiger partial charge >= 0.3 is 5.97 Å². The minimum atomic E-state index is -0.738. The van der Waals surface area contributed by atoms with Gasteiger partial charge < -0.3 is 4.74 Å². The van der Waals surface area contributed by atoms with Crippen LogP contribution in [-0.4, -0.2) is 5.97 Å². The Hall–Kier alpha value is -0.440. The van der Waals surface area contributed by atoms with Gasteiger partial charge in [-0.15, -0.1) is 23.2 Å². The number of hydrogen-bond donors (Lipinski definition) is 0. The first-order chi connectivity index (χ1) is 6.50. The van der Waals surface area contributed by atoms with Crippen molar-refractivity contribution in [2.24, 2.45) is 0 Å². The van der Waals surface area contributed by atoms with Crippen molar-refractivity contribution in [3.8, 4) is 5.75 Å². The van der Waals surface area contributed by atoms with Crippen LogP contribution in [0.2, 0.25) is 5.02 Å². The molecule has 1 aromatic carbocycles. The number of hydrogen-bond acceptors (Lipinski definition) is 2. The normalized spacial score (nSPS) is 10.4. The molecule has 0 radical (unpaired) electrons. The van der Waals surface area contributed by atoms with E-state index in [0.717, 1.165) is 0 Å². The van der Waals surface area contributed by atoms with E-state index in [1.54, 1.807) is 12.1 Å². The summed E-state index contributed by atoms with van der Waals surface area (Å²) in [6.07, 6.45) is 0. The van der Waals surface area contributed by atoms with Crippen LogP contribution in [0.25, 0.3) is 0 Å². The summed E-state index contributed by atoms with van der Waals surface area (Å²) in [6, 6.07) is 4.69. The summed E-state index contributed by atoms with van der Waals surface area (Å²) in [6.45, 7) is 1.31. The van der Waals surface area contributed by atoms with Gasteiger partial charge in [-0.05, 0) is 18.2 Å². The molecule has 0 N–H and O–H groups in total. The second kappa shape index (κ2) is 4.87. The maximum absolute atomic E-state index is 10.7. The summed E-state index contributed by atoms with van der Waals surface area (Å²) >= 11 is 17.1. The third kappa shape index (κ3) is 3.05. The van der Waals surface area contributed by atoms with Gasteiger partial charge in [-0.25, -0.2) is 0 Å². The molecule has 0 bridgehead atoms. The van der Waals surface area contributed by atoms with Crippen molar-refractivity contribution in [1.29, 1.82) is 0 Å². The number of benzene rings is 1. The van der Waals surface area contributed by atoms with Gasteiger partial charge in [0.05, 0.1) is 0 Å². The van der Waals surface area contributed by atoms with Crippen LogP contribution >= 0.6 is 34.8 Å². The number of esters is 1. The Bertz CT molecular complexity index is 350. The molecule has 0 aliphatic carbocycles. The van der Waals surface area contributed by atoms with Crippen molar-refractivity contribution in [2.45, 2.75) is 11.8 Å². The molecule has 0 saturated heterocycles. The highest BCUT2D eigenvalue weighted by atomic mass is 35.5. The molecule has 2 nitrogen and oxygen atoms in total. The maximum Gasteiger partial charge on any atom is 0.308 e. The van der Waals surface area contributed by atoms with Crippen LogP contribution < -0.4 is 4.74 Å². The van der Waals surface area contributed by atoms with E-state index in [1.807, 2.05) is 0 Å². The SMILES string of the molecule is CC(=O)Oc1ccc(Cl)c(C(Cl)Cl)c1. The van der Waals surface area contributed by atoms with E-state index < -0.39 is 10.8 Å². The summed E-state index contributed by atoms with van der Waals surface area (Å²) in [5.74, 6) is -0.0258. The van der Waals surface area contributed by atoms with E-state index in [9.17, 15) is 4.79 Å². The second-order valence-electron chi connectivity index (χ2n) is 2.58. The van der Waals surface area contributed by atoms with Gasteiger partial charge in [-0.2, -0.15) is 0 Å². The average Bonchev–Trinajstić information content (AvgIpc) is 2.07. The summed E-state index contributed by atoms with van der Waals surface area (Å²) in [5, 5.41) is 0.441. The van der Waals surface area contributed by atoms with Crippen molar-refractivity contribution in [3.05, 3.63) is 28.8 Å². The molecule has 1 rings (SSSR count). The molecule has 0 spiro atoms. The number of ether oxygens (including phenoxy) is 1. The fourth-order valence-electron chi connectivity index (χ4n) is 0.919. The zero-order chi connectivity index (χ0) is 10.7. The van der Waals surface area contributed by atoms with Crippen LogP contribution in [-0.2, 0) is 4.79 Å². The molecule has 5 heteroatoms. The van der Waals surface area contributed by atoms with Gasteiger partial charge in [0.15, 0.2) is 0 Å². The molecule has 0 aromatic heterocycles. The zero-order valence-electron chi connectivity index (χ0n) is 7.26. The van der Waals surface area contributed by atoms with Crippen molar-refractivity contribution in [2.75, 3.05) is 0 Å². The van der Waals surface area contributed by atoms with Crippen LogP contribution in [0.4, 0.5) is 0 Å². The van der Waals surface area contributed by atoms with Crippen LogP contribution in [0.5, 0.6) is 5.75 Å². The standard InChI is InChI=1S/C9H7Cl3O2/c1-5(13)14-6-2-3-8(10)7(4-6)9(11)12/h2-4,9H,1H3. The third-order valence-corrected chi connectivity index (χ3v) is 2.28. The summed E-state index contributed by atoms with van der Waals surface area (Å²) in [5.41, 5.74) is 0.522. The van der Waals surface area contributed by atoms with Gasteiger partial charge in [0.25, 0.3) is 0 Å². The Labute approximate surface area is 96.7 Å². The van der Waals surface area contributed by atoms with Crippen LogP contribution in [0.1, 0.15) is 17.3 Å². The smallest absolute Gasteiger partial charge is 0.308 e. The lowest BCUT2D eigenvalue weighted by molar-refractivity contribution is -0.131. The van der Waals surface area contributed by atoms with Gasteiger partial charge in [0, 0.05) is 17.5 Å². The Morgan fingerprint density at radius 3 is 2.57 bits per heavy atom. The first-order valence-electron chi connectivity index (χ1n) is 3.76. The molecule has 0 heterocycles. The van der Waals surface area contributed by atoms with Crippen LogP contribution in [0.3, 0.4) is 0 Å². The Balaban J connectivity index is 3.00. The first kappa shape index (κ1) is 11.6. The largest absolute Gasteiger partial charge is 0.427 e. The minimum Gasteiger partial charge on any atom is -0.427 e. The average molecular weight is 254 g/mol. The van der Waals surface area contributed by atoms with Crippen molar-refractivity contribution in [3.63, 3.8) is 0 Å². The van der Waals surface area contributed by atoms with E-state index in [4.69, 9.17) is 39.5 Å². The Morgan fingerprint density at radius 2 is 2.07 bits per heavy atom. The maximum atomic E-state index is 10.7. The molecule has 0 saturated carbocycles. The van der Waals surface area contributed by atoms with E-state index in [1.165, 1.54) is 13.0 Å². The number of carbonyl (C=O) groups is 1. The molecular formula is C9H7Cl3O2. The molecule has 14 heavy (non-hydrogen) atoms. The molecule has 76 valence electrons. The summed E-state index contributed by atoms with van der Waals surface area (Å²) in [7, 11) is 0. The molecule has 0 atom stereocenters. The quantitative estimate of drug-likeness (QED) is 0.456. The predicted molar refractivity (Wildman–Crippen MR) is 57.2 cm³/mol. The Morgan fingerprint density at radius 1 is 1.43 bits per heavy atom. The van der Waals surface area contributed by atoms with Crippen molar-refractivity contribution in [1.82, 2.24) is 0 Å². The highest BCUT2D eigenvalue weighted by Crippen LogP contribution is 2.33. The molecule has 0 fully saturated rings. The summed E-state index contributed by atoms with van der Waals surface area (Å²) < 4.78 is 4.85. The van der Waals surface area contributed by atoms with Gasteiger partial charge in [0.1, 0.15) is 10.6 Å². The number of rotatable bonds is 2. The van der Waals surface area contributed by atoms with E-state index >= 15 is 0 Å². The van der Waals surface area contributed by atoms with E-state index in [0.29, 0.717) is 16.3 Å². The molecule has 0 aliphatic rings. The fraction of sp³-hybridized carbons (Fsp3) is 0.222. The Kier molecular flexibility index (Phi) is 4.05. The van der Waals surface area contributed by atoms with Crippen LogP contribution in [0, 0.1) is 0 Å². The first-order valence-corrected chi connectivity index (χ1v) is 5.02.